The van der Waals surface area contributed by atoms with Gasteiger partial charge in [-0.3, -0.25) is 9.59 Å². The Kier molecular flexibility index (Phi) is 5.53. The predicted octanol–water partition coefficient (Wildman–Crippen LogP) is 3.12. The third kappa shape index (κ3) is 4.67. The molecule has 1 aliphatic rings. The first kappa shape index (κ1) is 19.4. The van der Waals surface area contributed by atoms with Crippen LogP contribution in [0.25, 0.3) is 0 Å². The maximum atomic E-state index is 12.5. The Bertz CT molecular complexity index is 987. The summed E-state index contributed by atoms with van der Waals surface area (Å²) in [5, 5.41) is 2.89. The molecule has 0 saturated carbocycles. The third-order valence-corrected chi connectivity index (χ3v) is 5.81. The first-order valence-electron chi connectivity index (χ1n) is 8.42. The summed E-state index contributed by atoms with van der Waals surface area (Å²) in [7, 11) is -3.41. The Morgan fingerprint density at radius 3 is 2.48 bits per heavy atom. The van der Waals surface area contributed by atoms with Crippen molar-refractivity contribution in [3.63, 3.8) is 0 Å². The molecule has 0 aliphatic carbocycles. The number of sulfone groups is 1. The number of carbonyl (C=O) groups is 2. The van der Waals surface area contributed by atoms with Crippen LogP contribution in [-0.2, 0) is 21.2 Å². The molecule has 1 heterocycles. The molecule has 0 atom stereocenters. The van der Waals surface area contributed by atoms with E-state index in [1.807, 2.05) is 0 Å². The number of halogens is 1. The molecule has 1 N–H and O–H groups in total. The zero-order valence-electron chi connectivity index (χ0n) is 14.7. The fourth-order valence-electron chi connectivity index (χ4n) is 2.88. The summed E-state index contributed by atoms with van der Waals surface area (Å²) in [5.41, 5.74) is 1.59. The number of likely N-dealkylation sites (tertiary alicyclic amines) is 1. The Balaban J connectivity index is 1.72. The smallest absolute Gasteiger partial charge is 0.255 e. The van der Waals surface area contributed by atoms with Crippen molar-refractivity contribution in [1.82, 2.24) is 4.90 Å². The van der Waals surface area contributed by atoms with E-state index < -0.39 is 15.7 Å². The van der Waals surface area contributed by atoms with Crippen LogP contribution in [0.5, 0.6) is 0 Å². The summed E-state index contributed by atoms with van der Waals surface area (Å²) in [4.78, 5) is 26.0. The molecule has 0 unspecified atom stereocenters. The number of rotatable bonds is 5. The summed E-state index contributed by atoms with van der Waals surface area (Å²) >= 11 is 6.06. The van der Waals surface area contributed by atoms with Gasteiger partial charge in [0.15, 0.2) is 9.84 Å². The molecule has 3 rings (SSSR count). The number of hydrogen-bond acceptors (Lipinski definition) is 4. The van der Waals surface area contributed by atoms with E-state index in [1.54, 1.807) is 29.2 Å². The van der Waals surface area contributed by atoms with E-state index in [2.05, 4.69) is 5.32 Å². The van der Waals surface area contributed by atoms with Gasteiger partial charge in [0.2, 0.25) is 5.91 Å². The van der Waals surface area contributed by atoms with Crippen LogP contribution in [0.4, 0.5) is 5.69 Å². The Morgan fingerprint density at radius 1 is 1.19 bits per heavy atom. The van der Waals surface area contributed by atoms with Crippen molar-refractivity contribution < 1.29 is 18.0 Å². The summed E-state index contributed by atoms with van der Waals surface area (Å²) in [6.45, 7) is 1.29. The molecule has 0 aromatic heterocycles. The lowest BCUT2D eigenvalue weighted by Gasteiger charge is -2.15. The average Bonchev–Trinajstić information content (AvgIpc) is 3.01. The van der Waals surface area contributed by atoms with Gasteiger partial charge in [-0.1, -0.05) is 23.7 Å². The molecule has 1 saturated heterocycles. The quantitative estimate of drug-likeness (QED) is 0.826. The standard InChI is InChI=1S/C19H19ClN2O4S/c1-27(25,26)15-8-9-16(20)17(11-15)21-19(24)14-6-4-13(5-7-14)12-22-10-2-3-18(22)23/h4-9,11H,2-3,10,12H2,1H3,(H,21,24). The number of nitrogens with one attached hydrogen (secondary N) is 1. The van der Waals surface area contributed by atoms with Crippen molar-refractivity contribution >= 4 is 38.9 Å². The summed E-state index contributed by atoms with van der Waals surface area (Å²) in [6, 6.07) is 11.1. The van der Waals surface area contributed by atoms with Gasteiger partial charge in [-0.2, -0.15) is 0 Å². The topological polar surface area (TPSA) is 83.6 Å². The van der Waals surface area contributed by atoms with E-state index in [9.17, 15) is 18.0 Å². The highest BCUT2D eigenvalue weighted by Crippen LogP contribution is 2.26. The van der Waals surface area contributed by atoms with Gasteiger partial charge in [-0.15, -0.1) is 0 Å². The molecular weight excluding hydrogens is 388 g/mol. The minimum atomic E-state index is -3.41. The second kappa shape index (κ2) is 7.70. The lowest BCUT2D eigenvalue weighted by molar-refractivity contribution is -0.128. The van der Waals surface area contributed by atoms with Crippen LogP contribution in [0.3, 0.4) is 0 Å². The molecule has 1 fully saturated rings. The molecule has 1 aliphatic heterocycles. The van der Waals surface area contributed by atoms with Gasteiger partial charge >= 0.3 is 0 Å². The maximum absolute atomic E-state index is 12.5. The van der Waals surface area contributed by atoms with Crippen LogP contribution in [0.2, 0.25) is 5.02 Å². The van der Waals surface area contributed by atoms with E-state index in [-0.39, 0.29) is 21.5 Å². The van der Waals surface area contributed by atoms with Crippen molar-refractivity contribution in [2.45, 2.75) is 24.3 Å². The number of benzene rings is 2. The molecule has 27 heavy (non-hydrogen) atoms. The first-order valence-corrected chi connectivity index (χ1v) is 10.7. The van der Waals surface area contributed by atoms with Gasteiger partial charge in [-0.25, -0.2) is 8.42 Å². The Labute approximate surface area is 163 Å². The monoisotopic (exact) mass is 406 g/mol. The molecule has 0 spiro atoms. The largest absolute Gasteiger partial charge is 0.338 e. The normalized spacial score (nSPS) is 14.4. The molecular formula is C19H19ClN2O4S. The lowest BCUT2D eigenvalue weighted by atomic mass is 10.1. The highest BCUT2D eigenvalue weighted by Gasteiger charge is 2.20. The first-order chi connectivity index (χ1) is 12.7. The van der Waals surface area contributed by atoms with Gasteiger partial charge in [0.25, 0.3) is 5.91 Å². The van der Waals surface area contributed by atoms with Crippen molar-refractivity contribution in [2.24, 2.45) is 0 Å². The van der Waals surface area contributed by atoms with Crippen molar-refractivity contribution in [3.05, 3.63) is 58.6 Å². The molecule has 8 heteroatoms. The number of anilines is 1. The third-order valence-electron chi connectivity index (χ3n) is 4.38. The van der Waals surface area contributed by atoms with E-state index >= 15 is 0 Å². The van der Waals surface area contributed by atoms with Crippen molar-refractivity contribution in [3.8, 4) is 0 Å². The van der Waals surface area contributed by atoms with Gasteiger partial charge in [0.05, 0.1) is 15.6 Å². The number of hydrogen-bond donors (Lipinski definition) is 1. The Morgan fingerprint density at radius 2 is 1.89 bits per heavy atom. The second-order valence-corrected chi connectivity index (χ2v) is 8.91. The zero-order valence-corrected chi connectivity index (χ0v) is 16.3. The minimum Gasteiger partial charge on any atom is -0.338 e. The fourth-order valence-corrected chi connectivity index (χ4v) is 3.69. The molecule has 0 radical (unpaired) electrons. The molecule has 2 aromatic rings. The van der Waals surface area contributed by atoms with Gasteiger partial charge in [-0.05, 0) is 42.3 Å². The number of carbonyl (C=O) groups excluding carboxylic acids is 2. The highest BCUT2D eigenvalue weighted by molar-refractivity contribution is 7.90. The van der Waals surface area contributed by atoms with Gasteiger partial charge < -0.3 is 10.2 Å². The summed E-state index contributed by atoms with van der Waals surface area (Å²) in [6.07, 6.45) is 2.56. The van der Waals surface area contributed by atoms with E-state index in [0.717, 1.165) is 24.8 Å². The summed E-state index contributed by atoms with van der Waals surface area (Å²) in [5.74, 6) is -0.247. The van der Waals surface area contributed by atoms with Crippen LogP contribution in [0, 0.1) is 0 Å². The molecule has 2 amide bonds. The van der Waals surface area contributed by atoms with E-state index in [4.69, 9.17) is 11.6 Å². The van der Waals surface area contributed by atoms with Crippen molar-refractivity contribution in [1.29, 1.82) is 0 Å². The van der Waals surface area contributed by atoms with Gasteiger partial charge in [0, 0.05) is 31.3 Å². The van der Waals surface area contributed by atoms with E-state index in [0.29, 0.717) is 18.5 Å². The average molecular weight is 407 g/mol. The van der Waals surface area contributed by atoms with Crippen LogP contribution in [0.15, 0.2) is 47.4 Å². The lowest BCUT2D eigenvalue weighted by Crippen LogP contribution is -2.23. The molecule has 2 aromatic carbocycles. The Hall–Kier alpha value is -2.38. The number of amides is 2. The maximum Gasteiger partial charge on any atom is 0.255 e. The van der Waals surface area contributed by atoms with Crippen LogP contribution in [-0.4, -0.2) is 37.9 Å². The highest BCUT2D eigenvalue weighted by atomic mass is 35.5. The van der Waals surface area contributed by atoms with E-state index in [1.165, 1.54) is 18.2 Å². The second-order valence-electron chi connectivity index (χ2n) is 6.48. The predicted molar refractivity (Wildman–Crippen MR) is 104 cm³/mol. The fraction of sp³-hybridized carbons (Fsp3) is 0.263. The summed E-state index contributed by atoms with van der Waals surface area (Å²) < 4.78 is 23.3. The van der Waals surface area contributed by atoms with Crippen LogP contribution < -0.4 is 5.32 Å². The molecule has 0 bridgehead atoms. The van der Waals surface area contributed by atoms with Gasteiger partial charge in [0.1, 0.15) is 0 Å². The SMILES string of the molecule is CS(=O)(=O)c1ccc(Cl)c(NC(=O)c2ccc(CN3CCCC3=O)cc2)c1. The molecule has 142 valence electrons. The number of nitrogens with zero attached hydrogens (tertiary/aromatic N) is 1. The zero-order chi connectivity index (χ0) is 19.6. The van der Waals surface area contributed by atoms with Crippen LogP contribution in [0.1, 0.15) is 28.8 Å². The molecule has 6 nitrogen and oxygen atoms in total. The van der Waals surface area contributed by atoms with Crippen molar-refractivity contribution in [2.75, 3.05) is 18.1 Å². The minimum absolute atomic E-state index is 0.0767. The van der Waals surface area contributed by atoms with Crippen LogP contribution >= 0.6 is 11.6 Å².